The molecule has 0 saturated heterocycles. The van der Waals surface area contributed by atoms with Gasteiger partial charge >= 0.3 is 0 Å². The average Bonchev–Trinajstić information content (AvgIpc) is 2.74. The van der Waals surface area contributed by atoms with E-state index >= 15 is 0 Å². The number of nitrogens with zero attached hydrogens (tertiary/aromatic N) is 5. The van der Waals surface area contributed by atoms with E-state index in [0.717, 1.165) is 27.7 Å². The van der Waals surface area contributed by atoms with Gasteiger partial charge in [-0.3, -0.25) is 4.98 Å². The van der Waals surface area contributed by atoms with Gasteiger partial charge in [0.1, 0.15) is 17.7 Å². The number of pyridine rings is 1. The summed E-state index contributed by atoms with van der Waals surface area (Å²) in [6.45, 7) is 2.02. The van der Waals surface area contributed by atoms with Gasteiger partial charge in [0.05, 0.1) is 23.0 Å². The summed E-state index contributed by atoms with van der Waals surface area (Å²) in [6, 6.07) is 16.8. The highest BCUT2D eigenvalue weighted by molar-refractivity contribution is 5.76. The molecular formula is C24H17N5. The third kappa shape index (κ3) is 4.30. The summed E-state index contributed by atoms with van der Waals surface area (Å²) in [5.41, 5.74) is 4.34. The van der Waals surface area contributed by atoms with Gasteiger partial charge in [0.15, 0.2) is 0 Å². The van der Waals surface area contributed by atoms with Gasteiger partial charge in [0, 0.05) is 24.7 Å². The molecule has 0 spiro atoms. The predicted molar refractivity (Wildman–Crippen MR) is 111 cm³/mol. The zero-order chi connectivity index (χ0) is 20.8. The highest BCUT2D eigenvalue weighted by Crippen LogP contribution is 2.24. The standard InChI is InChI=1S/C24H17N5/c1-17-7-9-28-23(11-17)24-13-18(8-10-29(24)2)12-21(14-25)19-3-5-20(6-4-19)22(15-26)16-27/h3-13H,1-2H3/b18-12+. The first kappa shape index (κ1) is 19.4. The topological polar surface area (TPSA) is 87.5 Å². The van der Waals surface area contributed by atoms with Crippen molar-refractivity contribution in [3.63, 3.8) is 0 Å². The van der Waals surface area contributed by atoms with E-state index in [1.54, 1.807) is 30.5 Å². The molecule has 0 fully saturated rings. The van der Waals surface area contributed by atoms with E-state index in [0.29, 0.717) is 10.8 Å². The molecule has 0 radical (unpaired) electrons. The van der Waals surface area contributed by atoms with E-state index in [4.69, 9.17) is 10.5 Å². The molecule has 0 saturated carbocycles. The summed E-state index contributed by atoms with van der Waals surface area (Å²) < 4.78 is 0. The smallest absolute Gasteiger partial charge is 0.136 e. The summed E-state index contributed by atoms with van der Waals surface area (Å²) in [6.07, 6.45) is 9.45. The molecular weight excluding hydrogens is 358 g/mol. The molecule has 2 heterocycles. The van der Waals surface area contributed by atoms with E-state index in [1.807, 2.05) is 67.6 Å². The van der Waals surface area contributed by atoms with Crippen molar-refractivity contribution in [1.29, 1.82) is 15.8 Å². The van der Waals surface area contributed by atoms with Gasteiger partial charge in [0.25, 0.3) is 0 Å². The number of benzene rings is 1. The van der Waals surface area contributed by atoms with Gasteiger partial charge in [-0.1, -0.05) is 24.3 Å². The van der Waals surface area contributed by atoms with Crippen molar-refractivity contribution in [2.24, 2.45) is 0 Å². The molecule has 3 rings (SSSR count). The maximum atomic E-state index is 9.64. The predicted octanol–water partition coefficient (Wildman–Crippen LogP) is 2.69. The molecule has 0 amide bonds. The van der Waals surface area contributed by atoms with E-state index in [1.165, 1.54) is 0 Å². The largest absolute Gasteiger partial charge is 0.349 e. The Morgan fingerprint density at radius 2 is 1.69 bits per heavy atom. The molecule has 0 atom stereocenters. The molecule has 0 bridgehead atoms. The van der Waals surface area contributed by atoms with Crippen LogP contribution in [0, 0.1) is 40.9 Å². The van der Waals surface area contributed by atoms with Crippen LogP contribution in [0.3, 0.4) is 0 Å². The Morgan fingerprint density at radius 3 is 2.31 bits per heavy atom. The lowest BCUT2D eigenvalue weighted by Crippen LogP contribution is -2.14. The van der Waals surface area contributed by atoms with Crippen LogP contribution in [0.25, 0.3) is 16.8 Å². The second kappa shape index (κ2) is 8.53. The van der Waals surface area contributed by atoms with E-state index in [-0.39, 0.29) is 5.57 Å². The lowest BCUT2D eigenvalue weighted by atomic mass is 10.0. The second-order valence-corrected chi connectivity index (χ2v) is 6.52. The zero-order valence-electron chi connectivity index (χ0n) is 16.1. The van der Waals surface area contributed by atoms with E-state index in [9.17, 15) is 5.26 Å². The van der Waals surface area contributed by atoms with Crippen LogP contribution in [0.5, 0.6) is 0 Å². The quantitative estimate of drug-likeness (QED) is 0.805. The zero-order valence-corrected chi connectivity index (χ0v) is 16.1. The Balaban J connectivity index is 2.08. The molecule has 2 aromatic rings. The maximum absolute atomic E-state index is 9.64. The fraction of sp³-hybridized carbons (Fsp3) is 0.0833. The molecule has 0 unspecified atom stereocenters. The van der Waals surface area contributed by atoms with Crippen LogP contribution in [0.2, 0.25) is 0 Å². The summed E-state index contributed by atoms with van der Waals surface area (Å²) >= 11 is 0. The number of rotatable bonds is 2. The molecule has 5 heteroatoms. The van der Waals surface area contributed by atoms with Gasteiger partial charge in [-0.05, 0) is 53.6 Å². The van der Waals surface area contributed by atoms with Crippen LogP contribution in [0.1, 0.15) is 11.3 Å². The lowest BCUT2D eigenvalue weighted by molar-refractivity contribution is 0.645. The minimum absolute atomic E-state index is 0.0462. The molecule has 0 aliphatic carbocycles. The lowest BCUT2D eigenvalue weighted by Gasteiger charge is -2.22. The van der Waals surface area contributed by atoms with Crippen LogP contribution in [-0.4, -0.2) is 16.9 Å². The second-order valence-electron chi connectivity index (χ2n) is 6.52. The average molecular weight is 375 g/mol. The molecule has 138 valence electrons. The van der Waals surface area contributed by atoms with Crippen molar-refractivity contribution in [2.45, 2.75) is 6.92 Å². The Kier molecular flexibility index (Phi) is 5.69. The molecule has 29 heavy (non-hydrogen) atoms. The van der Waals surface area contributed by atoms with Crippen LogP contribution in [0.15, 0.2) is 72.6 Å². The Morgan fingerprint density at radius 1 is 1.00 bits per heavy atom. The molecule has 1 aromatic carbocycles. The van der Waals surface area contributed by atoms with Crippen molar-refractivity contribution < 1.29 is 0 Å². The van der Waals surface area contributed by atoms with E-state index in [2.05, 4.69) is 11.1 Å². The van der Waals surface area contributed by atoms with Crippen LogP contribution in [0.4, 0.5) is 0 Å². The van der Waals surface area contributed by atoms with Crippen molar-refractivity contribution >= 4 is 16.8 Å². The van der Waals surface area contributed by atoms with E-state index < -0.39 is 0 Å². The molecule has 5 nitrogen and oxygen atoms in total. The Labute approximate surface area is 169 Å². The molecule has 1 aromatic heterocycles. The first-order chi connectivity index (χ1) is 14.0. The van der Waals surface area contributed by atoms with Gasteiger partial charge in [-0.2, -0.15) is 15.8 Å². The Hall–Kier alpha value is -4.40. The molecule has 0 N–H and O–H groups in total. The fourth-order valence-electron chi connectivity index (χ4n) is 2.92. The van der Waals surface area contributed by atoms with Crippen molar-refractivity contribution in [3.8, 4) is 18.2 Å². The minimum Gasteiger partial charge on any atom is -0.349 e. The first-order valence-electron chi connectivity index (χ1n) is 8.88. The van der Waals surface area contributed by atoms with Crippen LogP contribution >= 0.6 is 0 Å². The summed E-state index contributed by atoms with van der Waals surface area (Å²) in [5, 5.41) is 28.9. The van der Waals surface area contributed by atoms with Crippen LogP contribution in [-0.2, 0) is 0 Å². The monoisotopic (exact) mass is 375 g/mol. The molecule has 1 aliphatic rings. The van der Waals surface area contributed by atoms with Crippen LogP contribution < -0.4 is 10.4 Å². The van der Waals surface area contributed by atoms with Crippen molar-refractivity contribution in [2.75, 3.05) is 7.05 Å². The summed E-state index contributed by atoms with van der Waals surface area (Å²) in [4.78, 5) is 6.44. The van der Waals surface area contributed by atoms with Crippen molar-refractivity contribution in [1.82, 2.24) is 9.88 Å². The van der Waals surface area contributed by atoms with Gasteiger partial charge < -0.3 is 4.90 Å². The highest BCUT2D eigenvalue weighted by Gasteiger charge is 2.12. The summed E-state index contributed by atoms with van der Waals surface area (Å²) in [7, 11) is 1.95. The summed E-state index contributed by atoms with van der Waals surface area (Å²) in [5.74, 6) is 0. The van der Waals surface area contributed by atoms with Gasteiger partial charge in [-0.25, -0.2) is 0 Å². The number of aryl methyl sites for hydroxylation is 1. The SMILES string of the molecule is Cc1ccnc(C2=C/C(=C/C(C#N)=c3ccc(=C(C#N)C#N)cc3)C=CN2C)c1. The minimum atomic E-state index is 0.0462. The third-order valence-electron chi connectivity index (χ3n) is 4.49. The number of nitriles is 3. The third-order valence-corrected chi connectivity index (χ3v) is 4.49. The number of allylic oxidation sites excluding steroid dienone is 4. The number of hydrogen-bond donors (Lipinski definition) is 0. The molecule has 1 aliphatic heterocycles. The van der Waals surface area contributed by atoms with Gasteiger partial charge in [0.2, 0.25) is 0 Å². The maximum Gasteiger partial charge on any atom is 0.136 e. The number of hydrogen-bond acceptors (Lipinski definition) is 5. The fourth-order valence-corrected chi connectivity index (χ4v) is 2.92. The first-order valence-corrected chi connectivity index (χ1v) is 8.88. The van der Waals surface area contributed by atoms with Crippen molar-refractivity contribution in [3.05, 3.63) is 94.3 Å². The normalized spacial score (nSPS) is 13.8. The van der Waals surface area contributed by atoms with Gasteiger partial charge in [-0.15, -0.1) is 0 Å². The Bertz CT molecular complexity index is 1270. The number of aromatic nitrogens is 1. The highest BCUT2D eigenvalue weighted by atomic mass is 15.1.